The lowest BCUT2D eigenvalue weighted by Crippen LogP contribution is -2.19. The Bertz CT molecular complexity index is 447. The van der Waals surface area contributed by atoms with Crippen LogP contribution in [0, 0.1) is 11.8 Å². The van der Waals surface area contributed by atoms with Crippen molar-refractivity contribution >= 4 is 11.6 Å². The number of para-hydroxylation sites is 1. The van der Waals surface area contributed by atoms with E-state index in [1.54, 1.807) is 6.07 Å². The third-order valence-corrected chi connectivity index (χ3v) is 2.11. The van der Waals surface area contributed by atoms with Crippen LogP contribution in [-0.2, 0) is 9.53 Å². The van der Waals surface area contributed by atoms with Crippen LogP contribution in [0.3, 0.4) is 0 Å². The van der Waals surface area contributed by atoms with Gasteiger partial charge in [-0.05, 0) is 18.6 Å². The summed E-state index contributed by atoms with van der Waals surface area (Å²) in [6.45, 7) is 2.94. The number of nitrogens with two attached hydrogens (primary N) is 1. The molecule has 0 aromatic heterocycles. The maximum Gasteiger partial charge on any atom is 0.250 e. The number of amides is 1. The van der Waals surface area contributed by atoms with Gasteiger partial charge in [0.15, 0.2) is 0 Å². The molecule has 0 atom stereocenters. The summed E-state index contributed by atoms with van der Waals surface area (Å²) in [5.41, 5.74) is 6.77. The molecule has 18 heavy (non-hydrogen) atoms. The highest BCUT2D eigenvalue weighted by Crippen LogP contribution is 2.13. The van der Waals surface area contributed by atoms with Crippen LogP contribution < -0.4 is 11.1 Å². The highest BCUT2D eigenvalue weighted by atomic mass is 16.5. The smallest absolute Gasteiger partial charge is 0.250 e. The molecule has 0 aliphatic rings. The van der Waals surface area contributed by atoms with Crippen molar-refractivity contribution in [2.75, 3.05) is 25.1 Å². The number of anilines is 1. The highest BCUT2D eigenvalue weighted by Gasteiger charge is 2.04. The predicted octanol–water partition coefficient (Wildman–Crippen LogP) is 1.36. The topological polar surface area (TPSA) is 64.3 Å². The summed E-state index contributed by atoms with van der Waals surface area (Å²) in [5, 5.41) is 2.77. The molecule has 3 N–H and O–H groups in total. The number of hydrogen-bond donors (Lipinski definition) is 2. The van der Waals surface area contributed by atoms with E-state index in [0.29, 0.717) is 18.8 Å². The van der Waals surface area contributed by atoms with Gasteiger partial charge in [-0.1, -0.05) is 30.9 Å². The third-order valence-electron chi connectivity index (χ3n) is 2.11. The molecule has 0 saturated carbocycles. The van der Waals surface area contributed by atoms with Gasteiger partial charge in [0.25, 0.3) is 0 Å². The molecule has 4 nitrogen and oxygen atoms in total. The maximum atomic E-state index is 11.6. The van der Waals surface area contributed by atoms with Gasteiger partial charge in [0.1, 0.15) is 6.61 Å². The van der Waals surface area contributed by atoms with E-state index >= 15 is 0 Å². The van der Waals surface area contributed by atoms with Crippen molar-refractivity contribution in [2.45, 2.75) is 13.3 Å². The second-order valence-electron chi connectivity index (χ2n) is 3.65. The molecular formula is C14H18N2O2. The Balaban J connectivity index is 2.63. The first-order chi connectivity index (χ1) is 8.77. The van der Waals surface area contributed by atoms with Gasteiger partial charge in [-0.3, -0.25) is 4.79 Å². The van der Waals surface area contributed by atoms with Gasteiger partial charge in [-0.25, -0.2) is 0 Å². The molecule has 0 saturated heterocycles. The SMILES string of the molecule is CCCOCC(=O)Nc1ccccc1C#CCN. The molecule has 0 aliphatic carbocycles. The molecular weight excluding hydrogens is 228 g/mol. The number of nitrogens with one attached hydrogen (secondary N) is 1. The number of carbonyl (C=O) groups excluding carboxylic acids is 1. The van der Waals surface area contributed by atoms with Crippen LogP contribution in [-0.4, -0.2) is 25.7 Å². The van der Waals surface area contributed by atoms with Crippen LogP contribution in [0.1, 0.15) is 18.9 Å². The fourth-order valence-corrected chi connectivity index (χ4v) is 1.34. The van der Waals surface area contributed by atoms with Gasteiger partial charge in [-0.2, -0.15) is 0 Å². The van der Waals surface area contributed by atoms with Gasteiger partial charge < -0.3 is 15.8 Å². The predicted molar refractivity (Wildman–Crippen MR) is 72.1 cm³/mol. The second-order valence-corrected chi connectivity index (χ2v) is 3.65. The molecule has 0 spiro atoms. The average Bonchev–Trinajstić information content (AvgIpc) is 2.38. The number of ether oxygens (including phenoxy) is 1. The summed E-state index contributed by atoms with van der Waals surface area (Å²) in [6, 6.07) is 7.35. The van der Waals surface area contributed by atoms with Crippen LogP contribution >= 0.6 is 0 Å². The zero-order valence-electron chi connectivity index (χ0n) is 10.5. The number of hydrogen-bond acceptors (Lipinski definition) is 3. The normalized spacial score (nSPS) is 9.44. The van der Waals surface area contributed by atoms with E-state index < -0.39 is 0 Å². The summed E-state index contributed by atoms with van der Waals surface area (Å²) in [7, 11) is 0. The first-order valence-electron chi connectivity index (χ1n) is 5.93. The van der Waals surface area contributed by atoms with E-state index in [0.717, 1.165) is 12.0 Å². The zero-order valence-corrected chi connectivity index (χ0v) is 10.5. The molecule has 0 fully saturated rings. The molecule has 1 amide bonds. The van der Waals surface area contributed by atoms with E-state index in [9.17, 15) is 4.79 Å². The lowest BCUT2D eigenvalue weighted by Gasteiger charge is -2.07. The minimum absolute atomic E-state index is 0.0620. The molecule has 0 unspecified atom stereocenters. The van der Waals surface area contributed by atoms with E-state index in [1.165, 1.54) is 0 Å². The standard InChI is InChI=1S/C14H18N2O2/c1-2-10-18-11-14(17)16-13-8-4-3-6-12(13)7-5-9-15/h3-4,6,8H,2,9-11,15H2,1H3,(H,16,17). The van der Waals surface area contributed by atoms with Crippen molar-refractivity contribution in [3.05, 3.63) is 29.8 Å². The van der Waals surface area contributed by atoms with E-state index in [1.807, 2.05) is 25.1 Å². The van der Waals surface area contributed by atoms with E-state index in [4.69, 9.17) is 10.5 Å². The summed E-state index contributed by atoms with van der Waals surface area (Å²) >= 11 is 0. The Morgan fingerprint density at radius 3 is 2.94 bits per heavy atom. The lowest BCUT2D eigenvalue weighted by molar-refractivity contribution is -0.120. The molecule has 0 heterocycles. The molecule has 4 heteroatoms. The molecule has 1 aromatic rings. The minimum Gasteiger partial charge on any atom is -0.372 e. The average molecular weight is 246 g/mol. The monoisotopic (exact) mass is 246 g/mol. The zero-order chi connectivity index (χ0) is 13.2. The molecule has 0 radical (unpaired) electrons. The number of carbonyl (C=O) groups is 1. The van der Waals surface area contributed by atoms with Crippen LogP contribution in [0.25, 0.3) is 0 Å². The summed E-state index contributed by atoms with van der Waals surface area (Å²) in [5.74, 6) is 5.51. The van der Waals surface area contributed by atoms with Gasteiger partial charge in [0.05, 0.1) is 12.2 Å². The summed E-state index contributed by atoms with van der Waals surface area (Å²) in [6.07, 6.45) is 0.895. The lowest BCUT2D eigenvalue weighted by atomic mass is 10.2. The van der Waals surface area contributed by atoms with Crippen molar-refractivity contribution in [1.29, 1.82) is 0 Å². The molecule has 0 aliphatic heterocycles. The Morgan fingerprint density at radius 1 is 1.44 bits per heavy atom. The Hall–Kier alpha value is -1.83. The summed E-state index contributed by atoms with van der Waals surface area (Å²) < 4.78 is 5.17. The fraction of sp³-hybridized carbons (Fsp3) is 0.357. The summed E-state index contributed by atoms with van der Waals surface area (Å²) in [4.78, 5) is 11.6. The second kappa shape index (κ2) is 8.29. The van der Waals surface area contributed by atoms with Crippen molar-refractivity contribution in [3.8, 4) is 11.8 Å². The molecule has 1 aromatic carbocycles. The van der Waals surface area contributed by atoms with E-state index in [-0.39, 0.29) is 12.5 Å². The van der Waals surface area contributed by atoms with Crippen LogP contribution in [0.5, 0.6) is 0 Å². The van der Waals surface area contributed by atoms with Crippen molar-refractivity contribution in [3.63, 3.8) is 0 Å². The van der Waals surface area contributed by atoms with Crippen LogP contribution in [0.4, 0.5) is 5.69 Å². The first kappa shape index (κ1) is 14.2. The van der Waals surface area contributed by atoms with Crippen molar-refractivity contribution in [2.24, 2.45) is 5.73 Å². The quantitative estimate of drug-likeness (QED) is 0.609. The van der Waals surface area contributed by atoms with Gasteiger partial charge in [-0.15, -0.1) is 0 Å². The van der Waals surface area contributed by atoms with Gasteiger partial charge in [0, 0.05) is 12.2 Å². The Kier molecular flexibility index (Phi) is 6.55. The van der Waals surface area contributed by atoms with Gasteiger partial charge >= 0.3 is 0 Å². The van der Waals surface area contributed by atoms with E-state index in [2.05, 4.69) is 17.2 Å². The first-order valence-corrected chi connectivity index (χ1v) is 5.93. The van der Waals surface area contributed by atoms with Crippen molar-refractivity contribution < 1.29 is 9.53 Å². The molecule has 1 rings (SSSR count). The Labute approximate surface area is 108 Å². The molecule has 96 valence electrons. The minimum atomic E-state index is -0.176. The highest BCUT2D eigenvalue weighted by molar-refractivity contribution is 5.93. The third kappa shape index (κ3) is 5.00. The largest absolute Gasteiger partial charge is 0.372 e. The molecule has 0 bridgehead atoms. The maximum absolute atomic E-state index is 11.6. The Morgan fingerprint density at radius 2 is 2.22 bits per heavy atom. The van der Waals surface area contributed by atoms with Crippen molar-refractivity contribution in [1.82, 2.24) is 0 Å². The fourth-order valence-electron chi connectivity index (χ4n) is 1.34. The number of rotatable bonds is 5. The number of benzene rings is 1. The van der Waals surface area contributed by atoms with Gasteiger partial charge in [0.2, 0.25) is 5.91 Å². The van der Waals surface area contributed by atoms with Crippen LogP contribution in [0.15, 0.2) is 24.3 Å². The van der Waals surface area contributed by atoms with Crippen LogP contribution in [0.2, 0.25) is 0 Å².